The Bertz CT molecular complexity index is 618. The predicted molar refractivity (Wildman–Crippen MR) is 104 cm³/mol. The van der Waals surface area contributed by atoms with Crippen LogP contribution in [0, 0.1) is 5.92 Å². The summed E-state index contributed by atoms with van der Waals surface area (Å²) in [5, 5.41) is 6.44. The lowest BCUT2D eigenvalue weighted by atomic mass is 10.0. The van der Waals surface area contributed by atoms with Gasteiger partial charge in [0.25, 0.3) is 5.91 Å². The number of likely N-dealkylation sites (tertiary alicyclic amines) is 1. The molecular formula is C20H32N4O. The molecule has 1 saturated heterocycles. The van der Waals surface area contributed by atoms with Crippen molar-refractivity contribution < 1.29 is 4.79 Å². The van der Waals surface area contributed by atoms with Crippen LogP contribution in [-0.2, 0) is 6.54 Å². The quantitative estimate of drug-likeness (QED) is 0.655. The van der Waals surface area contributed by atoms with E-state index < -0.39 is 0 Å². The second kappa shape index (κ2) is 8.37. The Balaban J connectivity index is 1.98. The van der Waals surface area contributed by atoms with Crippen LogP contribution in [0.3, 0.4) is 0 Å². The minimum Gasteiger partial charge on any atom is -0.352 e. The Hall–Kier alpha value is -2.04. The molecular weight excluding hydrogens is 312 g/mol. The number of hydrogen-bond acceptors (Lipinski definition) is 2. The predicted octanol–water partition coefficient (Wildman–Crippen LogP) is 3.02. The summed E-state index contributed by atoms with van der Waals surface area (Å²) in [6.45, 7) is 11.0. The summed E-state index contributed by atoms with van der Waals surface area (Å²) in [5.41, 5.74) is 1.53. The van der Waals surface area contributed by atoms with Crippen molar-refractivity contribution in [1.82, 2.24) is 15.5 Å². The first kappa shape index (κ1) is 19.3. The Morgan fingerprint density at radius 3 is 2.76 bits per heavy atom. The third-order valence-corrected chi connectivity index (χ3v) is 4.30. The molecule has 0 spiro atoms. The standard InChI is InChI=1S/C20H32N4O/c1-15-8-7-11-24(14-15)19(21-5)22-13-16-9-6-10-17(12-16)18(25)23-20(2,3)4/h6,9-10,12,15H,7-8,11,13-14H2,1-5H3,(H,21,22)(H,23,25). The van der Waals surface area contributed by atoms with Crippen LogP contribution in [0.1, 0.15) is 56.5 Å². The number of nitrogens with zero attached hydrogens (tertiary/aromatic N) is 2. The summed E-state index contributed by atoms with van der Waals surface area (Å²) in [6, 6.07) is 7.76. The zero-order valence-corrected chi connectivity index (χ0v) is 16.2. The van der Waals surface area contributed by atoms with Crippen molar-refractivity contribution in [2.24, 2.45) is 10.9 Å². The number of carbonyl (C=O) groups is 1. The second-order valence-corrected chi connectivity index (χ2v) is 8.00. The average molecular weight is 345 g/mol. The summed E-state index contributed by atoms with van der Waals surface area (Å²) in [6.07, 6.45) is 2.50. The van der Waals surface area contributed by atoms with Gasteiger partial charge in [0.1, 0.15) is 0 Å². The number of aliphatic imine (C=N–C) groups is 1. The fourth-order valence-corrected chi connectivity index (χ4v) is 3.13. The first-order valence-corrected chi connectivity index (χ1v) is 9.15. The minimum absolute atomic E-state index is 0.0383. The Morgan fingerprint density at radius 2 is 2.12 bits per heavy atom. The minimum atomic E-state index is -0.238. The molecule has 1 heterocycles. The molecule has 5 nitrogen and oxygen atoms in total. The smallest absolute Gasteiger partial charge is 0.251 e. The molecule has 5 heteroatoms. The molecule has 0 aromatic heterocycles. The summed E-state index contributed by atoms with van der Waals surface area (Å²) in [4.78, 5) is 19.1. The third kappa shape index (κ3) is 6.07. The van der Waals surface area contributed by atoms with E-state index in [1.54, 1.807) is 0 Å². The number of carbonyl (C=O) groups excluding carboxylic acids is 1. The molecule has 138 valence electrons. The fraction of sp³-hybridized carbons (Fsp3) is 0.600. The number of amides is 1. The highest BCUT2D eigenvalue weighted by Gasteiger charge is 2.19. The van der Waals surface area contributed by atoms with Gasteiger partial charge in [-0.25, -0.2) is 0 Å². The maximum atomic E-state index is 12.3. The second-order valence-electron chi connectivity index (χ2n) is 8.00. The average Bonchev–Trinajstić information content (AvgIpc) is 2.54. The van der Waals surface area contributed by atoms with Crippen LogP contribution >= 0.6 is 0 Å². The van der Waals surface area contributed by atoms with Gasteiger partial charge in [-0.1, -0.05) is 19.1 Å². The number of piperidine rings is 1. The van der Waals surface area contributed by atoms with Crippen molar-refractivity contribution in [2.45, 2.75) is 52.6 Å². The van der Waals surface area contributed by atoms with Crippen molar-refractivity contribution >= 4 is 11.9 Å². The van der Waals surface area contributed by atoms with Crippen molar-refractivity contribution in [1.29, 1.82) is 0 Å². The molecule has 1 fully saturated rings. The fourth-order valence-electron chi connectivity index (χ4n) is 3.13. The zero-order valence-electron chi connectivity index (χ0n) is 16.2. The van der Waals surface area contributed by atoms with Gasteiger partial charge in [-0.3, -0.25) is 9.79 Å². The molecule has 1 aliphatic heterocycles. The van der Waals surface area contributed by atoms with Gasteiger partial charge in [0.15, 0.2) is 5.96 Å². The molecule has 1 aliphatic rings. The van der Waals surface area contributed by atoms with Crippen LogP contribution < -0.4 is 10.6 Å². The third-order valence-electron chi connectivity index (χ3n) is 4.30. The normalized spacial score (nSPS) is 18.8. The topological polar surface area (TPSA) is 56.7 Å². The number of hydrogen-bond donors (Lipinski definition) is 2. The van der Waals surface area contributed by atoms with Crippen molar-refractivity contribution in [3.05, 3.63) is 35.4 Å². The molecule has 2 N–H and O–H groups in total. The highest BCUT2D eigenvalue weighted by molar-refractivity contribution is 5.94. The molecule has 2 rings (SSSR count). The molecule has 1 aromatic carbocycles. The first-order chi connectivity index (χ1) is 11.8. The van der Waals surface area contributed by atoms with Gasteiger partial charge in [-0.15, -0.1) is 0 Å². The Kier molecular flexibility index (Phi) is 6.45. The first-order valence-electron chi connectivity index (χ1n) is 9.15. The largest absolute Gasteiger partial charge is 0.352 e. The number of benzene rings is 1. The van der Waals surface area contributed by atoms with Gasteiger partial charge < -0.3 is 15.5 Å². The van der Waals surface area contributed by atoms with Gasteiger partial charge in [0.2, 0.25) is 0 Å². The molecule has 0 aliphatic carbocycles. The summed E-state index contributed by atoms with van der Waals surface area (Å²) >= 11 is 0. The lowest BCUT2D eigenvalue weighted by molar-refractivity contribution is 0.0919. The van der Waals surface area contributed by atoms with E-state index in [-0.39, 0.29) is 11.4 Å². The van der Waals surface area contributed by atoms with Crippen molar-refractivity contribution in [3.63, 3.8) is 0 Å². The highest BCUT2D eigenvalue weighted by Crippen LogP contribution is 2.15. The number of nitrogens with one attached hydrogen (secondary N) is 2. The lowest BCUT2D eigenvalue weighted by Crippen LogP contribution is -2.45. The van der Waals surface area contributed by atoms with E-state index >= 15 is 0 Å². The van der Waals surface area contributed by atoms with Crippen LogP contribution in [0.4, 0.5) is 0 Å². The van der Waals surface area contributed by atoms with E-state index in [0.29, 0.717) is 18.0 Å². The Labute approximate surface area is 151 Å². The monoisotopic (exact) mass is 344 g/mol. The van der Waals surface area contributed by atoms with Gasteiger partial charge in [0, 0.05) is 37.8 Å². The van der Waals surface area contributed by atoms with E-state index in [9.17, 15) is 4.79 Å². The molecule has 0 saturated carbocycles. The lowest BCUT2D eigenvalue weighted by Gasteiger charge is -2.33. The van der Waals surface area contributed by atoms with Crippen LogP contribution in [0.2, 0.25) is 0 Å². The zero-order chi connectivity index (χ0) is 18.4. The van der Waals surface area contributed by atoms with E-state index in [4.69, 9.17) is 0 Å². The van der Waals surface area contributed by atoms with E-state index in [0.717, 1.165) is 24.6 Å². The highest BCUT2D eigenvalue weighted by atomic mass is 16.1. The van der Waals surface area contributed by atoms with Crippen molar-refractivity contribution in [2.75, 3.05) is 20.1 Å². The van der Waals surface area contributed by atoms with Crippen molar-refractivity contribution in [3.8, 4) is 0 Å². The maximum Gasteiger partial charge on any atom is 0.251 e. The molecule has 1 aromatic rings. The summed E-state index contributed by atoms with van der Waals surface area (Å²) in [5.74, 6) is 1.61. The van der Waals surface area contributed by atoms with Gasteiger partial charge in [-0.05, 0) is 57.2 Å². The van der Waals surface area contributed by atoms with Crippen LogP contribution in [0.15, 0.2) is 29.3 Å². The molecule has 0 bridgehead atoms. The Morgan fingerprint density at radius 1 is 1.36 bits per heavy atom. The molecule has 1 atom stereocenters. The number of rotatable bonds is 3. The van der Waals surface area contributed by atoms with Crippen LogP contribution in [0.5, 0.6) is 0 Å². The SMILES string of the molecule is CN=C(NCc1cccc(C(=O)NC(C)(C)C)c1)N1CCCC(C)C1. The van der Waals surface area contributed by atoms with Crippen LogP contribution in [-0.4, -0.2) is 42.4 Å². The van der Waals surface area contributed by atoms with Gasteiger partial charge in [-0.2, -0.15) is 0 Å². The molecule has 0 radical (unpaired) electrons. The maximum absolute atomic E-state index is 12.3. The van der Waals surface area contributed by atoms with Gasteiger partial charge >= 0.3 is 0 Å². The summed E-state index contributed by atoms with van der Waals surface area (Å²) in [7, 11) is 1.83. The van der Waals surface area contributed by atoms with E-state index in [1.165, 1.54) is 12.8 Å². The molecule has 1 amide bonds. The van der Waals surface area contributed by atoms with E-state index in [2.05, 4.69) is 27.4 Å². The molecule has 1 unspecified atom stereocenters. The number of guanidine groups is 1. The summed E-state index contributed by atoms with van der Waals surface area (Å²) < 4.78 is 0. The van der Waals surface area contributed by atoms with Crippen LogP contribution in [0.25, 0.3) is 0 Å². The molecule has 25 heavy (non-hydrogen) atoms. The van der Waals surface area contributed by atoms with Gasteiger partial charge in [0.05, 0.1) is 0 Å². The van der Waals surface area contributed by atoms with E-state index in [1.807, 2.05) is 52.1 Å².